The number of nitrogens with one attached hydrogen (secondary N) is 1. The SMILES string of the molecule is Cc1cccc(Nc2ncnc3c(F)c4c(cc23)OCCO4)c1F. The highest BCUT2D eigenvalue weighted by Crippen LogP contribution is 2.39. The molecule has 0 amide bonds. The fourth-order valence-electron chi connectivity index (χ4n) is 2.63. The number of hydrogen-bond acceptors (Lipinski definition) is 5. The van der Waals surface area contributed by atoms with Crippen LogP contribution in [0.15, 0.2) is 30.6 Å². The number of fused-ring (bicyclic) bond motifs is 2. The lowest BCUT2D eigenvalue weighted by molar-refractivity contribution is 0.165. The first kappa shape index (κ1) is 14.6. The van der Waals surface area contributed by atoms with Gasteiger partial charge in [-0.2, -0.15) is 0 Å². The molecule has 0 bridgehead atoms. The van der Waals surface area contributed by atoms with Crippen molar-refractivity contribution in [3.05, 3.63) is 47.8 Å². The van der Waals surface area contributed by atoms with Crippen molar-refractivity contribution in [3.63, 3.8) is 0 Å². The summed E-state index contributed by atoms with van der Waals surface area (Å²) < 4.78 is 39.6. The van der Waals surface area contributed by atoms with E-state index < -0.39 is 5.82 Å². The van der Waals surface area contributed by atoms with Gasteiger partial charge in [-0.25, -0.2) is 18.7 Å². The van der Waals surface area contributed by atoms with Gasteiger partial charge in [-0.3, -0.25) is 0 Å². The van der Waals surface area contributed by atoms with Gasteiger partial charge < -0.3 is 14.8 Å². The monoisotopic (exact) mass is 329 g/mol. The number of rotatable bonds is 2. The molecule has 0 spiro atoms. The minimum atomic E-state index is -0.614. The van der Waals surface area contributed by atoms with Crippen molar-refractivity contribution in [2.24, 2.45) is 0 Å². The molecule has 0 saturated carbocycles. The summed E-state index contributed by atoms with van der Waals surface area (Å²) in [6.45, 7) is 2.28. The van der Waals surface area contributed by atoms with E-state index in [9.17, 15) is 8.78 Å². The molecule has 3 aromatic rings. The molecule has 0 unspecified atom stereocenters. The third kappa shape index (κ3) is 2.29. The van der Waals surface area contributed by atoms with Crippen LogP contribution in [0.5, 0.6) is 11.5 Å². The van der Waals surface area contributed by atoms with Crippen LogP contribution < -0.4 is 14.8 Å². The van der Waals surface area contributed by atoms with E-state index in [2.05, 4.69) is 15.3 Å². The maximum atomic E-state index is 14.6. The zero-order valence-corrected chi connectivity index (χ0v) is 12.8. The summed E-state index contributed by atoms with van der Waals surface area (Å²) >= 11 is 0. The van der Waals surface area contributed by atoms with Gasteiger partial charge in [-0.05, 0) is 24.6 Å². The predicted molar refractivity (Wildman–Crippen MR) is 84.9 cm³/mol. The fraction of sp³-hybridized carbons (Fsp3) is 0.176. The van der Waals surface area contributed by atoms with Crippen LogP contribution >= 0.6 is 0 Å². The molecule has 5 nitrogen and oxygen atoms in total. The third-order valence-corrected chi connectivity index (χ3v) is 3.82. The van der Waals surface area contributed by atoms with E-state index in [1.165, 1.54) is 6.33 Å². The number of benzene rings is 2. The molecule has 0 atom stereocenters. The molecular weight excluding hydrogens is 316 g/mol. The van der Waals surface area contributed by atoms with E-state index in [0.717, 1.165) is 0 Å². The van der Waals surface area contributed by atoms with Crippen LogP contribution in [-0.4, -0.2) is 23.2 Å². The quantitative estimate of drug-likeness (QED) is 0.776. The predicted octanol–water partition coefficient (Wildman–Crippen LogP) is 3.73. The molecule has 1 aromatic heterocycles. The molecule has 0 aliphatic carbocycles. The Morgan fingerprint density at radius 3 is 2.79 bits per heavy atom. The summed E-state index contributed by atoms with van der Waals surface area (Å²) in [6.07, 6.45) is 1.22. The van der Waals surface area contributed by atoms with E-state index in [1.54, 1.807) is 31.2 Å². The number of halogens is 2. The summed E-state index contributed by atoms with van der Waals surface area (Å²) in [6, 6.07) is 6.58. The topological polar surface area (TPSA) is 56.3 Å². The van der Waals surface area contributed by atoms with E-state index in [0.29, 0.717) is 23.4 Å². The van der Waals surface area contributed by atoms with E-state index in [1.807, 2.05) is 0 Å². The first-order valence-corrected chi connectivity index (χ1v) is 7.40. The van der Waals surface area contributed by atoms with Gasteiger partial charge >= 0.3 is 0 Å². The molecule has 1 N–H and O–H groups in total. The average Bonchev–Trinajstić information content (AvgIpc) is 2.60. The van der Waals surface area contributed by atoms with Gasteiger partial charge in [0.25, 0.3) is 0 Å². The van der Waals surface area contributed by atoms with Crippen LogP contribution in [0.3, 0.4) is 0 Å². The smallest absolute Gasteiger partial charge is 0.199 e. The summed E-state index contributed by atoms with van der Waals surface area (Å²) in [7, 11) is 0. The van der Waals surface area contributed by atoms with Gasteiger partial charge in [0.2, 0.25) is 0 Å². The van der Waals surface area contributed by atoms with Gasteiger partial charge in [0.15, 0.2) is 17.3 Å². The molecule has 24 heavy (non-hydrogen) atoms. The van der Waals surface area contributed by atoms with E-state index >= 15 is 0 Å². The molecule has 2 heterocycles. The summed E-state index contributed by atoms with van der Waals surface area (Å²) in [5.74, 6) is -0.381. The Morgan fingerprint density at radius 2 is 1.92 bits per heavy atom. The van der Waals surface area contributed by atoms with Crippen molar-refractivity contribution in [2.45, 2.75) is 6.92 Å². The van der Waals surface area contributed by atoms with E-state index in [4.69, 9.17) is 9.47 Å². The molecule has 1 aliphatic heterocycles. The Balaban J connectivity index is 1.87. The lowest BCUT2D eigenvalue weighted by Gasteiger charge is -2.20. The van der Waals surface area contributed by atoms with Crippen LogP contribution in [-0.2, 0) is 0 Å². The third-order valence-electron chi connectivity index (χ3n) is 3.82. The molecule has 4 rings (SSSR count). The van der Waals surface area contributed by atoms with Crippen molar-refractivity contribution in [2.75, 3.05) is 18.5 Å². The van der Waals surface area contributed by atoms with Crippen molar-refractivity contribution in [3.8, 4) is 11.5 Å². The second kappa shape index (κ2) is 5.59. The minimum Gasteiger partial charge on any atom is -0.486 e. The molecule has 2 aromatic carbocycles. The van der Waals surface area contributed by atoms with E-state index in [-0.39, 0.29) is 35.1 Å². The Bertz CT molecular complexity index is 947. The average molecular weight is 329 g/mol. The highest BCUT2D eigenvalue weighted by molar-refractivity contribution is 5.93. The number of anilines is 2. The highest BCUT2D eigenvalue weighted by Gasteiger charge is 2.22. The summed E-state index contributed by atoms with van der Waals surface area (Å²) in [4.78, 5) is 8.09. The van der Waals surface area contributed by atoms with Gasteiger partial charge in [0, 0.05) is 5.39 Å². The van der Waals surface area contributed by atoms with Crippen molar-refractivity contribution in [1.29, 1.82) is 0 Å². The fourth-order valence-corrected chi connectivity index (χ4v) is 2.63. The Morgan fingerprint density at radius 1 is 1.08 bits per heavy atom. The van der Waals surface area contributed by atoms with Crippen molar-refractivity contribution < 1.29 is 18.3 Å². The minimum absolute atomic E-state index is 0.0418. The van der Waals surface area contributed by atoms with Gasteiger partial charge in [0.1, 0.15) is 36.7 Å². The number of aryl methyl sites for hydroxylation is 1. The molecular formula is C17H13F2N3O2. The van der Waals surface area contributed by atoms with Crippen molar-refractivity contribution >= 4 is 22.4 Å². The van der Waals surface area contributed by atoms with Gasteiger partial charge in [-0.1, -0.05) is 12.1 Å². The first-order valence-electron chi connectivity index (χ1n) is 7.40. The Kier molecular flexibility index (Phi) is 3.41. The summed E-state index contributed by atoms with van der Waals surface area (Å²) in [5.41, 5.74) is 0.841. The van der Waals surface area contributed by atoms with Crippen LogP contribution in [0.1, 0.15) is 5.56 Å². The normalized spacial score (nSPS) is 13.1. The Hall–Kier alpha value is -2.96. The van der Waals surface area contributed by atoms with Crippen molar-refractivity contribution in [1.82, 2.24) is 9.97 Å². The maximum Gasteiger partial charge on any atom is 0.199 e. The van der Waals surface area contributed by atoms with Gasteiger partial charge in [-0.15, -0.1) is 0 Å². The van der Waals surface area contributed by atoms with Crippen LogP contribution in [0.2, 0.25) is 0 Å². The largest absolute Gasteiger partial charge is 0.486 e. The number of nitrogens with zero attached hydrogens (tertiary/aromatic N) is 2. The lowest BCUT2D eigenvalue weighted by Crippen LogP contribution is -2.16. The number of hydrogen-bond donors (Lipinski definition) is 1. The first-order chi connectivity index (χ1) is 11.6. The zero-order valence-electron chi connectivity index (χ0n) is 12.8. The zero-order chi connectivity index (χ0) is 16.7. The van der Waals surface area contributed by atoms with Crippen LogP contribution in [0, 0.1) is 18.6 Å². The van der Waals surface area contributed by atoms with Crippen LogP contribution in [0.25, 0.3) is 10.9 Å². The highest BCUT2D eigenvalue weighted by atomic mass is 19.1. The standard InChI is InChI=1S/C17H13F2N3O2/c1-9-3-2-4-11(13(9)18)22-17-10-7-12-16(24-6-5-23-12)14(19)15(10)20-8-21-17/h2-4,7-8H,5-6H2,1H3,(H,20,21,22). The number of aromatic nitrogens is 2. The lowest BCUT2D eigenvalue weighted by atomic mass is 10.1. The summed E-state index contributed by atoms with van der Waals surface area (Å²) in [5, 5.41) is 3.29. The maximum absolute atomic E-state index is 14.6. The number of ether oxygens (including phenoxy) is 2. The Labute approximate surface area is 136 Å². The second-order valence-corrected chi connectivity index (χ2v) is 5.39. The molecule has 7 heteroatoms. The molecule has 0 saturated heterocycles. The molecule has 1 aliphatic rings. The van der Waals surface area contributed by atoms with Crippen LogP contribution in [0.4, 0.5) is 20.3 Å². The molecule has 0 radical (unpaired) electrons. The van der Waals surface area contributed by atoms with Gasteiger partial charge in [0.05, 0.1) is 5.69 Å². The molecule has 122 valence electrons. The second-order valence-electron chi connectivity index (χ2n) is 5.39. The molecule has 0 fully saturated rings.